The van der Waals surface area contributed by atoms with E-state index in [0.717, 1.165) is 51.6 Å². The maximum atomic E-state index is 12.5. The van der Waals surface area contributed by atoms with Gasteiger partial charge in [-0.3, -0.25) is 14.1 Å². The molecule has 0 aromatic carbocycles. The molecule has 10 heteroatoms. The Balaban J connectivity index is 2.01. The summed E-state index contributed by atoms with van der Waals surface area (Å²) >= 11 is 1.30. The summed E-state index contributed by atoms with van der Waals surface area (Å²) in [5.74, 6) is 0. The monoisotopic (exact) mass is 356 g/mol. The van der Waals surface area contributed by atoms with E-state index >= 15 is 0 Å². The first kappa shape index (κ1) is 15.9. The predicted molar refractivity (Wildman–Crippen MR) is 86.5 cm³/mol. The molecule has 0 amide bonds. The summed E-state index contributed by atoms with van der Waals surface area (Å²) in [6.45, 7) is 0. The fourth-order valence-electron chi connectivity index (χ4n) is 2.52. The number of aryl methyl sites for hydroxylation is 3. The third kappa shape index (κ3) is 2.83. The van der Waals surface area contributed by atoms with Crippen molar-refractivity contribution in [3.05, 3.63) is 37.6 Å². The van der Waals surface area contributed by atoms with Crippen LogP contribution < -0.4 is 16.0 Å². The molecule has 0 saturated carbocycles. The minimum atomic E-state index is -4.10. The van der Waals surface area contributed by atoms with Crippen LogP contribution in [0, 0.1) is 0 Å². The van der Waals surface area contributed by atoms with Crippen molar-refractivity contribution in [3.63, 3.8) is 0 Å². The van der Waals surface area contributed by atoms with E-state index in [2.05, 4.69) is 9.71 Å². The fraction of sp³-hybridized carbons (Fsp3) is 0.462. The number of hydrogen-bond acceptors (Lipinski definition) is 6. The van der Waals surface area contributed by atoms with Crippen LogP contribution in [0.3, 0.4) is 0 Å². The molecule has 2 aromatic rings. The fourth-order valence-corrected chi connectivity index (χ4v) is 4.97. The van der Waals surface area contributed by atoms with E-state index in [9.17, 15) is 18.0 Å². The van der Waals surface area contributed by atoms with Crippen molar-refractivity contribution in [1.82, 2.24) is 14.1 Å². The second kappa shape index (κ2) is 5.60. The third-order valence-corrected chi connectivity index (χ3v) is 6.30. The third-order valence-electron chi connectivity index (χ3n) is 3.77. The molecule has 0 atom stereocenters. The molecule has 1 N–H and O–H groups in total. The van der Waals surface area contributed by atoms with Crippen LogP contribution in [0.15, 0.2) is 20.7 Å². The Kier molecular flexibility index (Phi) is 3.88. The zero-order chi connectivity index (χ0) is 16.8. The van der Waals surface area contributed by atoms with Crippen molar-refractivity contribution in [2.75, 3.05) is 4.72 Å². The van der Waals surface area contributed by atoms with Gasteiger partial charge in [-0.1, -0.05) is 0 Å². The van der Waals surface area contributed by atoms with Crippen molar-refractivity contribution in [3.8, 4) is 0 Å². The number of rotatable bonds is 3. The lowest BCUT2D eigenvalue weighted by molar-refractivity contribution is 0.589. The number of nitrogens with one attached hydrogen (secondary N) is 1. The van der Waals surface area contributed by atoms with Crippen LogP contribution in [0.25, 0.3) is 0 Å². The van der Waals surface area contributed by atoms with Gasteiger partial charge in [0.1, 0.15) is 0 Å². The lowest BCUT2D eigenvalue weighted by atomic mass is 10.0. The van der Waals surface area contributed by atoms with Gasteiger partial charge >= 0.3 is 5.69 Å². The zero-order valence-electron chi connectivity index (χ0n) is 12.7. The van der Waals surface area contributed by atoms with E-state index in [4.69, 9.17) is 0 Å². The van der Waals surface area contributed by atoms with Crippen molar-refractivity contribution < 1.29 is 8.42 Å². The quantitative estimate of drug-likeness (QED) is 0.847. The zero-order valence-corrected chi connectivity index (χ0v) is 14.3. The van der Waals surface area contributed by atoms with Crippen LogP contribution in [0.2, 0.25) is 0 Å². The number of aromatic nitrogens is 3. The Labute approximate surface area is 136 Å². The van der Waals surface area contributed by atoms with E-state index in [1.165, 1.54) is 25.4 Å². The molecule has 2 aromatic heterocycles. The lowest BCUT2D eigenvalue weighted by Crippen LogP contribution is -2.40. The van der Waals surface area contributed by atoms with Gasteiger partial charge in [0.25, 0.3) is 15.6 Å². The molecule has 1 aliphatic rings. The Morgan fingerprint density at radius 1 is 1.22 bits per heavy atom. The van der Waals surface area contributed by atoms with Gasteiger partial charge in [0.15, 0.2) is 10.0 Å². The van der Waals surface area contributed by atoms with E-state index in [-0.39, 0.29) is 5.13 Å². The number of fused-ring (bicyclic) bond motifs is 1. The van der Waals surface area contributed by atoms with Gasteiger partial charge in [0.05, 0.1) is 5.69 Å². The van der Waals surface area contributed by atoms with E-state index in [1.807, 2.05) is 0 Å². The van der Waals surface area contributed by atoms with Crippen LogP contribution >= 0.6 is 11.3 Å². The number of anilines is 1. The number of hydrogen-bond donors (Lipinski definition) is 1. The summed E-state index contributed by atoms with van der Waals surface area (Å²) in [5, 5.41) is 0.257. The van der Waals surface area contributed by atoms with Crippen molar-refractivity contribution in [1.29, 1.82) is 0 Å². The molecule has 0 fully saturated rings. The summed E-state index contributed by atoms with van der Waals surface area (Å²) < 4.78 is 29.1. The molecule has 2 heterocycles. The molecule has 0 saturated heterocycles. The van der Waals surface area contributed by atoms with Gasteiger partial charge in [0, 0.05) is 25.2 Å². The highest BCUT2D eigenvalue weighted by molar-refractivity contribution is 7.93. The first-order valence-electron chi connectivity index (χ1n) is 7.07. The second-order valence-corrected chi connectivity index (χ2v) is 8.19. The Morgan fingerprint density at radius 2 is 1.91 bits per heavy atom. The smallest absolute Gasteiger partial charge is 0.302 e. The highest BCUT2D eigenvalue weighted by Gasteiger charge is 2.24. The highest BCUT2D eigenvalue weighted by atomic mass is 32.2. The molecule has 0 spiro atoms. The number of nitrogens with zero attached hydrogens (tertiary/aromatic N) is 3. The van der Waals surface area contributed by atoms with Crippen LogP contribution in [0.4, 0.5) is 5.13 Å². The van der Waals surface area contributed by atoms with Crippen molar-refractivity contribution in [2.24, 2.45) is 14.1 Å². The topological polar surface area (TPSA) is 103 Å². The molecule has 3 rings (SSSR count). The molecule has 0 aliphatic heterocycles. The number of sulfonamides is 1. The molecule has 0 bridgehead atoms. The Bertz CT molecular complexity index is 961. The van der Waals surface area contributed by atoms with Crippen LogP contribution in [-0.4, -0.2) is 22.5 Å². The second-order valence-electron chi connectivity index (χ2n) is 5.45. The summed E-state index contributed by atoms with van der Waals surface area (Å²) in [7, 11) is -1.47. The van der Waals surface area contributed by atoms with Gasteiger partial charge in [-0.05, 0) is 25.7 Å². The Morgan fingerprint density at radius 3 is 2.61 bits per heavy atom. The maximum Gasteiger partial charge on any atom is 0.330 e. The molecule has 0 radical (unpaired) electrons. The highest BCUT2D eigenvalue weighted by Crippen LogP contribution is 2.30. The minimum Gasteiger partial charge on any atom is -0.302 e. The van der Waals surface area contributed by atoms with E-state index in [0.29, 0.717) is 0 Å². The average Bonchev–Trinajstić information content (AvgIpc) is 2.89. The van der Waals surface area contributed by atoms with Gasteiger partial charge < -0.3 is 4.57 Å². The SMILES string of the molecule is Cn1cc(S(=O)(=O)Nc2nc3c(s2)CCCC3)c(=O)n(C)c1=O. The molecule has 124 valence electrons. The summed E-state index contributed by atoms with van der Waals surface area (Å²) in [4.78, 5) is 28.7. The summed E-state index contributed by atoms with van der Waals surface area (Å²) in [6, 6.07) is 0. The maximum absolute atomic E-state index is 12.5. The van der Waals surface area contributed by atoms with E-state index < -0.39 is 26.2 Å². The Hall–Kier alpha value is -1.94. The normalized spacial score (nSPS) is 14.5. The van der Waals surface area contributed by atoms with Crippen LogP contribution in [0.1, 0.15) is 23.4 Å². The van der Waals surface area contributed by atoms with Gasteiger partial charge in [0.2, 0.25) is 0 Å². The largest absolute Gasteiger partial charge is 0.330 e. The molecular weight excluding hydrogens is 340 g/mol. The summed E-state index contributed by atoms with van der Waals surface area (Å²) in [6.07, 6.45) is 4.89. The van der Waals surface area contributed by atoms with Gasteiger partial charge in [-0.25, -0.2) is 18.2 Å². The average molecular weight is 356 g/mol. The van der Waals surface area contributed by atoms with Crippen molar-refractivity contribution >= 4 is 26.5 Å². The minimum absolute atomic E-state index is 0.257. The van der Waals surface area contributed by atoms with E-state index in [1.54, 1.807) is 0 Å². The van der Waals surface area contributed by atoms with Crippen molar-refractivity contribution in [2.45, 2.75) is 30.6 Å². The van der Waals surface area contributed by atoms with Gasteiger partial charge in [-0.2, -0.15) is 0 Å². The molecule has 1 aliphatic carbocycles. The first-order valence-corrected chi connectivity index (χ1v) is 9.37. The molecule has 0 unspecified atom stereocenters. The molecule has 23 heavy (non-hydrogen) atoms. The lowest BCUT2D eigenvalue weighted by Gasteiger charge is -2.08. The predicted octanol–water partition coefficient (Wildman–Crippen LogP) is 0.220. The number of thiazole rings is 1. The standard InChI is InChI=1S/C13H16N4O4S2/c1-16-7-10(11(18)17(2)13(16)19)23(20,21)15-12-14-8-5-3-4-6-9(8)22-12/h7H,3-6H2,1-2H3,(H,14,15). The summed E-state index contributed by atoms with van der Waals surface area (Å²) in [5.41, 5.74) is -0.520. The van der Waals surface area contributed by atoms with Crippen LogP contribution in [-0.2, 0) is 37.0 Å². The molecule has 8 nitrogen and oxygen atoms in total. The van der Waals surface area contributed by atoms with Crippen LogP contribution in [0.5, 0.6) is 0 Å². The van der Waals surface area contributed by atoms with Gasteiger partial charge in [-0.15, -0.1) is 11.3 Å². The molecular formula is C13H16N4O4S2. The first-order chi connectivity index (χ1) is 10.8.